The van der Waals surface area contributed by atoms with E-state index in [-0.39, 0.29) is 5.91 Å². The van der Waals surface area contributed by atoms with Crippen molar-refractivity contribution in [1.82, 2.24) is 10.2 Å². The Morgan fingerprint density at radius 1 is 1.24 bits per heavy atom. The fraction of sp³-hybridized carbons (Fsp3) is 0.588. The number of nitrogens with one attached hydrogen (secondary N) is 1. The van der Waals surface area contributed by atoms with E-state index < -0.39 is 0 Å². The zero-order valence-corrected chi connectivity index (χ0v) is 12.7. The number of piperidine rings is 1. The van der Waals surface area contributed by atoms with Crippen molar-refractivity contribution in [2.75, 3.05) is 33.3 Å². The molecule has 0 aliphatic carbocycles. The fourth-order valence-electron chi connectivity index (χ4n) is 3.50. The second kappa shape index (κ2) is 6.16. The first-order valence-electron chi connectivity index (χ1n) is 7.80. The molecular weight excluding hydrogens is 264 g/mol. The lowest BCUT2D eigenvalue weighted by Gasteiger charge is -2.38. The molecular formula is C17H24N2O2. The molecule has 1 aromatic rings. The van der Waals surface area contributed by atoms with E-state index in [9.17, 15) is 4.79 Å². The monoisotopic (exact) mass is 288 g/mol. The van der Waals surface area contributed by atoms with E-state index in [1.165, 1.54) is 6.42 Å². The summed E-state index contributed by atoms with van der Waals surface area (Å²) in [5, 5.41) is 3.46. The number of carbonyl (C=O) groups excluding carboxylic acids is 1. The molecule has 1 aromatic carbocycles. The van der Waals surface area contributed by atoms with Crippen molar-refractivity contribution >= 4 is 5.91 Å². The molecule has 2 aliphatic rings. The Morgan fingerprint density at radius 2 is 1.95 bits per heavy atom. The van der Waals surface area contributed by atoms with Gasteiger partial charge in [-0.1, -0.05) is 12.1 Å². The number of ether oxygens (including phenoxy) is 1. The number of benzene rings is 1. The third-order valence-corrected chi connectivity index (χ3v) is 4.96. The van der Waals surface area contributed by atoms with Gasteiger partial charge in [-0.25, -0.2) is 0 Å². The van der Waals surface area contributed by atoms with Crippen molar-refractivity contribution in [3.63, 3.8) is 0 Å². The third kappa shape index (κ3) is 3.11. The van der Waals surface area contributed by atoms with Crippen LogP contribution in [0.2, 0.25) is 0 Å². The van der Waals surface area contributed by atoms with E-state index in [1.807, 2.05) is 29.2 Å². The van der Waals surface area contributed by atoms with Crippen LogP contribution in [-0.4, -0.2) is 44.1 Å². The van der Waals surface area contributed by atoms with Crippen LogP contribution < -0.4 is 5.32 Å². The summed E-state index contributed by atoms with van der Waals surface area (Å²) in [5.74, 6) is 0.166. The highest BCUT2D eigenvalue weighted by Gasteiger charge is 2.38. The van der Waals surface area contributed by atoms with Gasteiger partial charge in [0, 0.05) is 32.3 Å². The van der Waals surface area contributed by atoms with Gasteiger partial charge in [0.05, 0.1) is 6.61 Å². The first-order valence-corrected chi connectivity index (χ1v) is 7.80. The fourth-order valence-corrected chi connectivity index (χ4v) is 3.50. The summed E-state index contributed by atoms with van der Waals surface area (Å²) < 4.78 is 5.10. The molecule has 3 rings (SSSR count). The second-order valence-corrected chi connectivity index (χ2v) is 6.35. The Balaban J connectivity index is 1.60. The predicted molar refractivity (Wildman–Crippen MR) is 82.2 cm³/mol. The standard InChI is InChI=1S/C17H24N2O2/c1-21-12-14-2-4-15(5-3-14)16(20)19-10-7-17(8-11-19)6-9-18-13-17/h2-5,18H,6-13H2,1H3. The SMILES string of the molecule is COCc1ccc(C(=O)N2CCC3(CCNC3)CC2)cc1. The van der Waals surface area contributed by atoms with Crippen molar-refractivity contribution < 1.29 is 9.53 Å². The maximum absolute atomic E-state index is 12.6. The lowest BCUT2D eigenvalue weighted by atomic mass is 9.78. The maximum atomic E-state index is 12.6. The van der Waals surface area contributed by atoms with Gasteiger partial charge < -0.3 is 15.0 Å². The van der Waals surface area contributed by atoms with Crippen molar-refractivity contribution in [3.05, 3.63) is 35.4 Å². The van der Waals surface area contributed by atoms with Crippen LogP contribution >= 0.6 is 0 Å². The number of likely N-dealkylation sites (tertiary alicyclic amines) is 1. The largest absolute Gasteiger partial charge is 0.380 e. The molecule has 2 aliphatic heterocycles. The molecule has 0 atom stereocenters. The number of nitrogens with zero attached hydrogens (tertiary/aromatic N) is 1. The van der Waals surface area contributed by atoms with Gasteiger partial charge in [0.1, 0.15) is 0 Å². The van der Waals surface area contributed by atoms with Crippen LogP contribution in [0, 0.1) is 5.41 Å². The molecule has 4 heteroatoms. The molecule has 21 heavy (non-hydrogen) atoms. The first kappa shape index (κ1) is 14.5. The Hall–Kier alpha value is -1.39. The van der Waals surface area contributed by atoms with Crippen molar-refractivity contribution in [2.45, 2.75) is 25.9 Å². The molecule has 0 radical (unpaired) electrons. The third-order valence-electron chi connectivity index (χ3n) is 4.96. The van der Waals surface area contributed by atoms with E-state index in [0.717, 1.165) is 50.1 Å². The quantitative estimate of drug-likeness (QED) is 0.925. The smallest absolute Gasteiger partial charge is 0.253 e. The van der Waals surface area contributed by atoms with Crippen molar-refractivity contribution in [1.29, 1.82) is 0 Å². The molecule has 1 spiro atoms. The van der Waals surface area contributed by atoms with E-state index in [4.69, 9.17) is 4.74 Å². The zero-order chi connectivity index (χ0) is 14.7. The molecule has 1 N–H and O–H groups in total. The molecule has 1 amide bonds. The van der Waals surface area contributed by atoms with Gasteiger partial charge in [-0.3, -0.25) is 4.79 Å². The Bertz CT molecular complexity index is 482. The molecule has 0 unspecified atom stereocenters. The number of carbonyl (C=O) groups is 1. The van der Waals surface area contributed by atoms with Crippen molar-refractivity contribution in [2.24, 2.45) is 5.41 Å². The highest BCUT2D eigenvalue weighted by Crippen LogP contribution is 2.37. The van der Waals surface area contributed by atoms with Gasteiger partial charge in [0.15, 0.2) is 0 Å². The first-order chi connectivity index (χ1) is 10.2. The van der Waals surface area contributed by atoms with Crippen LogP contribution in [-0.2, 0) is 11.3 Å². The lowest BCUT2D eigenvalue weighted by molar-refractivity contribution is 0.0607. The van der Waals surface area contributed by atoms with E-state index in [2.05, 4.69) is 5.32 Å². The number of hydrogen-bond donors (Lipinski definition) is 1. The Labute approximate surface area is 126 Å². The van der Waals surface area contributed by atoms with Crippen LogP contribution in [0.25, 0.3) is 0 Å². The van der Waals surface area contributed by atoms with Gasteiger partial charge in [0.2, 0.25) is 0 Å². The summed E-state index contributed by atoms with van der Waals surface area (Å²) in [4.78, 5) is 14.6. The molecule has 4 nitrogen and oxygen atoms in total. The van der Waals surface area contributed by atoms with Crippen LogP contribution in [0.15, 0.2) is 24.3 Å². The predicted octanol–water partition coefficient (Wildman–Crippen LogP) is 2.05. The zero-order valence-electron chi connectivity index (χ0n) is 12.7. The molecule has 2 heterocycles. The summed E-state index contributed by atoms with van der Waals surface area (Å²) in [6, 6.07) is 7.78. The normalized spacial score (nSPS) is 20.9. The average Bonchev–Trinajstić information content (AvgIpc) is 2.97. The summed E-state index contributed by atoms with van der Waals surface area (Å²) in [6.07, 6.45) is 3.53. The maximum Gasteiger partial charge on any atom is 0.253 e. The minimum absolute atomic E-state index is 0.166. The van der Waals surface area contributed by atoms with E-state index in [1.54, 1.807) is 7.11 Å². The molecule has 2 fully saturated rings. The molecule has 0 saturated carbocycles. The topological polar surface area (TPSA) is 41.6 Å². The number of hydrogen-bond acceptors (Lipinski definition) is 3. The van der Waals surface area contributed by atoms with E-state index >= 15 is 0 Å². The highest BCUT2D eigenvalue weighted by atomic mass is 16.5. The molecule has 0 bridgehead atoms. The van der Waals surface area contributed by atoms with Crippen LogP contribution in [0.1, 0.15) is 35.2 Å². The summed E-state index contributed by atoms with van der Waals surface area (Å²) >= 11 is 0. The summed E-state index contributed by atoms with van der Waals surface area (Å²) in [5.41, 5.74) is 2.35. The van der Waals surface area contributed by atoms with Crippen LogP contribution in [0.4, 0.5) is 0 Å². The van der Waals surface area contributed by atoms with Gasteiger partial charge in [0.25, 0.3) is 5.91 Å². The number of rotatable bonds is 3. The second-order valence-electron chi connectivity index (χ2n) is 6.35. The number of amides is 1. The molecule has 0 aromatic heterocycles. The van der Waals surface area contributed by atoms with E-state index in [0.29, 0.717) is 12.0 Å². The summed E-state index contributed by atoms with van der Waals surface area (Å²) in [6.45, 7) is 4.63. The van der Waals surface area contributed by atoms with Crippen LogP contribution in [0.5, 0.6) is 0 Å². The minimum Gasteiger partial charge on any atom is -0.380 e. The van der Waals surface area contributed by atoms with Gasteiger partial charge in [-0.15, -0.1) is 0 Å². The van der Waals surface area contributed by atoms with Crippen molar-refractivity contribution in [3.8, 4) is 0 Å². The molecule has 114 valence electrons. The average molecular weight is 288 g/mol. The summed E-state index contributed by atoms with van der Waals surface area (Å²) in [7, 11) is 1.68. The van der Waals surface area contributed by atoms with Gasteiger partial charge >= 0.3 is 0 Å². The Morgan fingerprint density at radius 3 is 2.52 bits per heavy atom. The Kier molecular flexibility index (Phi) is 4.27. The van der Waals surface area contributed by atoms with Gasteiger partial charge in [-0.05, 0) is 48.9 Å². The highest BCUT2D eigenvalue weighted by molar-refractivity contribution is 5.94. The lowest BCUT2D eigenvalue weighted by Crippen LogP contribution is -2.44. The minimum atomic E-state index is 0.166. The number of methoxy groups -OCH3 is 1. The van der Waals surface area contributed by atoms with Crippen LogP contribution in [0.3, 0.4) is 0 Å². The van der Waals surface area contributed by atoms with Gasteiger partial charge in [-0.2, -0.15) is 0 Å². The molecule has 2 saturated heterocycles.